The highest BCUT2D eigenvalue weighted by molar-refractivity contribution is 7.89. The van der Waals surface area contributed by atoms with Crippen molar-refractivity contribution in [3.05, 3.63) is 66.7 Å². The summed E-state index contributed by atoms with van der Waals surface area (Å²) in [4.78, 5) is 4.38. The summed E-state index contributed by atoms with van der Waals surface area (Å²) in [6.07, 6.45) is 3.28. The van der Waals surface area contributed by atoms with Gasteiger partial charge in [-0.1, -0.05) is 24.3 Å². The first kappa shape index (κ1) is 14.7. The molecule has 1 aromatic carbocycles. The Labute approximate surface area is 138 Å². The second kappa shape index (κ2) is 5.66. The Kier molecular flexibility index (Phi) is 3.47. The number of hydrogen-bond acceptors (Lipinski definition) is 5. The third-order valence-corrected chi connectivity index (χ3v) is 5.16. The van der Waals surface area contributed by atoms with Crippen molar-refractivity contribution in [1.29, 1.82) is 0 Å². The van der Waals surface area contributed by atoms with Crippen LogP contribution in [0.15, 0.2) is 65.8 Å². The first-order valence-electron chi connectivity index (χ1n) is 7.27. The van der Waals surface area contributed by atoms with Crippen LogP contribution in [0.2, 0.25) is 0 Å². The molecule has 1 N–H and O–H groups in total. The topological polar surface area (TPSA) is 89.2 Å². The van der Waals surface area contributed by atoms with E-state index in [1.54, 1.807) is 34.9 Å². The van der Waals surface area contributed by atoms with Gasteiger partial charge in [-0.15, -0.1) is 10.2 Å². The highest BCUT2D eigenvalue weighted by Crippen LogP contribution is 2.20. The number of para-hydroxylation sites is 1. The fraction of sp³-hybridized carbons (Fsp3) is 0.0625. The number of fused-ring (bicyclic) bond motifs is 2. The summed E-state index contributed by atoms with van der Waals surface area (Å²) < 4.78 is 29.7. The van der Waals surface area contributed by atoms with Gasteiger partial charge in [-0.2, -0.15) is 0 Å². The maximum atomic E-state index is 12.7. The van der Waals surface area contributed by atoms with Crippen LogP contribution in [0.25, 0.3) is 16.6 Å². The van der Waals surface area contributed by atoms with E-state index in [0.717, 1.165) is 0 Å². The second-order valence-corrected chi connectivity index (χ2v) is 6.93. The fourth-order valence-electron chi connectivity index (χ4n) is 2.55. The molecule has 0 unspecified atom stereocenters. The van der Waals surface area contributed by atoms with E-state index < -0.39 is 10.0 Å². The fourth-order valence-corrected chi connectivity index (χ4v) is 3.73. The molecule has 0 spiro atoms. The predicted molar refractivity (Wildman–Crippen MR) is 88.8 cm³/mol. The Morgan fingerprint density at radius 2 is 1.83 bits per heavy atom. The molecule has 0 amide bonds. The average Bonchev–Trinajstić information content (AvgIpc) is 3.03. The molecule has 8 heteroatoms. The first-order chi connectivity index (χ1) is 11.6. The Bertz CT molecular complexity index is 1130. The Hall–Kier alpha value is -2.84. The summed E-state index contributed by atoms with van der Waals surface area (Å²) in [5.74, 6) is 0.521. The molecular formula is C16H13N5O2S. The minimum absolute atomic E-state index is 0.0458. The zero-order chi connectivity index (χ0) is 16.6. The van der Waals surface area contributed by atoms with Crippen LogP contribution in [0.4, 0.5) is 0 Å². The molecule has 0 aliphatic rings. The van der Waals surface area contributed by atoms with Gasteiger partial charge in [-0.25, -0.2) is 13.1 Å². The molecule has 24 heavy (non-hydrogen) atoms. The van der Waals surface area contributed by atoms with E-state index in [2.05, 4.69) is 19.9 Å². The van der Waals surface area contributed by atoms with Crippen LogP contribution < -0.4 is 4.72 Å². The Morgan fingerprint density at radius 3 is 2.75 bits per heavy atom. The minimum Gasteiger partial charge on any atom is -0.285 e. The van der Waals surface area contributed by atoms with Gasteiger partial charge < -0.3 is 0 Å². The molecule has 0 fully saturated rings. The number of benzene rings is 1. The van der Waals surface area contributed by atoms with Gasteiger partial charge in [-0.3, -0.25) is 9.38 Å². The Morgan fingerprint density at radius 1 is 1.00 bits per heavy atom. The van der Waals surface area contributed by atoms with Crippen molar-refractivity contribution in [3.63, 3.8) is 0 Å². The van der Waals surface area contributed by atoms with Gasteiger partial charge in [0, 0.05) is 17.8 Å². The summed E-state index contributed by atoms with van der Waals surface area (Å²) in [7, 11) is -3.70. The predicted octanol–water partition coefficient (Wildman–Crippen LogP) is 1.76. The molecule has 0 radical (unpaired) electrons. The maximum Gasteiger partial charge on any atom is 0.241 e. The van der Waals surface area contributed by atoms with Crippen LogP contribution >= 0.6 is 0 Å². The molecule has 7 nitrogen and oxygen atoms in total. The van der Waals surface area contributed by atoms with Crippen LogP contribution in [0, 0.1) is 0 Å². The molecule has 4 aromatic rings. The smallest absolute Gasteiger partial charge is 0.241 e. The highest BCUT2D eigenvalue weighted by Gasteiger charge is 2.18. The lowest BCUT2D eigenvalue weighted by Crippen LogP contribution is -2.24. The molecule has 4 rings (SSSR count). The van der Waals surface area contributed by atoms with Gasteiger partial charge >= 0.3 is 0 Å². The van der Waals surface area contributed by atoms with E-state index in [-0.39, 0.29) is 11.4 Å². The minimum atomic E-state index is -3.70. The number of rotatable bonds is 4. The van der Waals surface area contributed by atoms with Gasteiger partial charge in [0.2, 0.25) is 10.0 Å². The Balaban J connectivity index is 1.68. The van der Waals surface area contributed by atoms with E-state index in [1.165, 1.54) is 12.3 Å². The number of pyridine rings is 2. The lowest BCUT2D eigenvalue weighted by molar-refractivity contribution is 0.579. The van der Waals surface area contributed by atoms with E-state index in [0.29, 0.717) is 22.4 Å². The van der Waals surface area contributed by atoms with E-state index >= 15 is 0 Å². The zero-order valence-corrected chi connectivity index (χ0v) is 13.3. The van der Waals surface area contributed by atoms with E-state index in [4.69, 9.17) is 0 Å². The van der Waals surface area contributed by atoms with Crippen LogP contribution in [0.1, 0.15) is 5.82 Å². The molecule has 0 aliphatic heterocycles. The van der Waals surface area contributed by atoms with Crippen LogP contribution in [-0.2, 0) is 16.6 Å². The van der Waals surface area contributed by atoms with Gasteiger partial charge in [0.25, 0.3) is 0 Å². The van der Waals surface area contributed by atoms with Crippen molar-refractivity contribution < 1.29 is 8.42 Å². The average molecular weight is 339 g/mol. The van der Waals surface area contributed by atoms with Crippen molar-refractivity contribution in [2.75, 3.05) is 0 Å². The summed E-state index contributed by atoms with van der Waals surface area (Å²) in [6.45, 7) is 0.0458. The molecule has 120 valence electrons. The normalized spacial score (nSPS) is 12.0. The summed E-state index contributed by atoms with van der Waals surface area (Å²) in [6, 6.07) is 14.1. The van der Waals surface area contributed by atoms with Crippen LogP contribution in [-0.4, -0.2) is 28.0 Å². The number of nitrogens with one attached hydrogen (secondary N) is 1. The highest BCUT2D eigenvalue weighted by atomic mass is 32.2. The van der Waals surface area contributed by atoms with Crippen molar-refractivity contribution >= 4 is 26.6 Å². The van der Waals surface area contributed by atoms with E-state index in [9.17, 15) is 8.42 Å². The molecule has 0 saturated heterocycles. The summed E-state index contributed by atoms with van der Waals surface area (Å²) >= 11 is 0. The van der Waals surface area contributed by atoms with Crippen molar-refractivity contribution in [3.8, 4) is 0 Å². The molecule has 3 aromatic heterocycles. The van der Waals surface area contributed by atoms with Crippen LogP contribution in [0.5, 0.6) is 0 Å². The molecule has 0 aliphatic carbocycles. The largest absolute Gasteiger partial charge is 0.285 e. The second-order valence-electron chi connectivity index (χ2n) is 5.20. The van der Waals surface area contributed by atoms with Crippen molar-refractivity contribution in [1.82, 2.24) is 24.3 Å². The van der Waals surface area contributed by atoms with Crippen LogP contribution in [0.3, 0.4) is 0 Å². The molecule has 0 saturated carbocycles. The third-order valence-electron chi connectivity index (χ3n) is 3.70. The molecule has 0 bridgehead atoms. The maximum absolute atomic E-state index is 12.7. The number of hydrogen-bond donors (Lipinski definition) is 1. The first-order valence-corrected chi connectivity index (χ1v) is 8.75. The standard InChI is InChI=1S/C16H13N5O2S/c22-24(23,14-8-9-17-13-6-2-1-5-12(13)14)18-11-16-20-19-15-7-3-4-10-21(15)16/h1-10,18H,11H2. The number of nitrogens with zero attached hydrogens (tertiary/aromatic N) is 4. The third kappa shape index (κ3) is 2.51. The summed E-state index contributed by atoms with van der Waals surface area (Å²) in [5.41, 5.74) is 1.30. The van der Waals surface area contributed by atoms with Crippen molar-refractivity contribution in [2.24, 2.45) is 0 Å². The zero-order valence-electron chi connectivity index (χ0n) is 12.5. The molecule has 3 heterocycles. The lowest BCUT2D eigenvalue weighted by Gasteiger charge is -2.08. The monoisotopic (exact) mass is 339 g/mol. The summed E-state index contributed by atoms with van der Waals surface area (Å²) in [5, 5.41) is 8.62. The van der Waals surface area contributed by atoms with Crippen molar-refractivity contribution in [2.45, 2.75) is 11.4 Å². The van der Waals surface area contributed by atoms with Gasteiger partial charge in [0.05, 0.1) is 17.0 Å². The van der Waals surface area contributed by atoms with E-state index in [1.807, 2.05) is 18.2 Å². The number of sulfonamides is 1. The van der Waals surface area contributed by atoms with Gasteiger partial charge in [0.15, 0.2) is 11.5 Å². The quantitative estimate of drug-likeness (QED) is 0.612. The number of aromatic nitrogens is 4. The molecule has 0 atom stereocenters. The van der Waals surface area contributed by atoms with Gasteiger partial charge in [0.1, 0.15) is 0 Å². The lowest BCUT2D eigenvalue weighted by atomic mass is 10.2. The SMILES string of the molecule is O=S(=O)(NCc1nnc2ccccn12)c1ccnc2ccccc12. The molecular weight excluding hydrogens is 326 g/mol. The van der Waals surface area contributed by atoms with Gasteiger partial charge in [-0.05, 0) is 24.3 Å².